The fourth-order valence-corrected chi connectivity index (χ4v) is 2.91. The predicted molar refractivity (Wildman–Crippen MR) is 107 cm³/mol. The average molecular weight is 381 g/mol. The van der Waals surface area contributed by atoms with E-state index >= 15 is 0 Å². The normalized spacial score (nSPS) is 10.7. The lowest BCUT2D eigenvalue weighted by Gasteiger charge is -2.08. The molecule has 0 radical (unpaired) electrons. The molecule has 0 fully saturated rings. The third-order valence-electron chi connectivity index (χ3n) is 3.44. The summed E-state index contributed by atoms with van der Waals surface area (Å²) in [5.41, 5.74) is 4.37. The van der Waals surface area contributed by atoms with Crippen molar-refractivity contribution in [2.24, 2.45) is 5.10 Å². The molecule has 0 amide bonds. The van der Waals surface area contributed by atoms with E-state index in [0.29, 0.717) is 23.2 Å². The maximum Gasteiger partial charge on any atom is 0.311 e. The van der Waals surface area contributed by atoms with Gasteiger partial charge in [0, 0.05) is 10.9 Å². The van der Waals surface area contributed by atoms with Crippen molar-refractivity contribution >= 4 is 28.7 Å². The topological polar surface area (TPSA) is 72.8 Å². The highest BCUT2D eigenvalue weighted by atomic mass is 32.1. The number of rotatable bonds is 8. The monoisotopic (exact) mass is 381 g/mol. The van der Waals surface area contributed by atoms with Crippen LogP contribution in [0, 0.1) is 0 Å². The van der Waals surface area contributed by atoms with Gasteiger partial charge >= 0.3 is 5.97 Å². The van der Waals surface area contributed by atoms with Gasteiger partial charge < -0.3 is 9.47 Å². The van der Waals surface area contributed by atoms with Crippen LogP contribution in [0.1, 0.15) is 18.2 Å². The van der Waals surface area contributed by atoms with Gasteiger partial charge in [-0.2, -0.15) is 5.10 Å². The molecule has 2 aromatic carbocycles. The fourth-order valence-electron chi connectivity index (χ4n) is 2.25. The van der Waals surface area contributed by atoms with Crippen molar-refractivity contribution in [3.8, 4) is 11.5 Å². The summed E-state index contributed by atoms with van der Waals surface area (Å²) in [6, 6.07) is 17.2. The van der Waals surface area contributed by atoms with E-state index in [-0.39, 0.29) is 12.4 Å². The molecule has 1 aromatic heterocycles. The highest BCUT2D eigenvalue weighted by molar-refractivity contribution is 7.13. The zero-order chi connectivity index (χ0) is 18.9. The number of thiazole rings is 1. The average Bonchev–Trinajstić information content (AvgIpc) is 3.11. The number of esters is 1. The molecule has 3 rings (SSSR count). The molecule has 0 bridgehead atoms. The molecule has 0 saturated heterocycles. The van der Waals surface area contributed by atoms with E-state index in [4.69, 9.17) is 9.47 Å². The lowest BCUT2D eigenvalue weighted by atomic mass is 10.2. The third-order valence-corrected chi connectivity index (χ3v) is 4.23. The lowest BCUT2D eigenvalue weighted by Crippen LogP contribution is -2.07. The zero-order valence-electron chi connectivity index (χ0n) is 14.8. The van der Waals surface area contributed by atoms with E-state index in [2.05, 4.69) is 15.5 Å². The van der Waals surface area contributed by atoms with Crippen molar-refractivity contribution in [1.29, 1.82) is 0 Å². The molecule has 0 aliphatic carbocycles. The van der Waals surface area contributed by atoms with Crippen molar-refractivity contribution in [2.75, 3.05) is 12.0 Å². The summed E-state index contributed by atoms with van der Waals surface area (Å²) < 4.78 is 10.8. The smallest absolute Gasteiger partial charge is 0.311 e. The van der Waals surface area contributed by atoms with Crippen molar-refractivity contribution in [1.82, 2.24) is 4.98 Å². The molecule has 6 nitrogen and oxygen atoms in total. The standard InChI is InChI=1S/C20H19N3O3S/c1-2-25-19(24)12-16-14-27-20(22-16)23-21-13-15-8-6-7-11-18(15)26-17-9-4-3-5-10-17/h3-11,13-14H,2,12H2,1H3,(H,22,23). The molecule has 0 spiro atoms. The summed E-state index contributed by atoms with van der Waals surface area (Å²) in [5.74, 6) is 1.18. The Morgan fingerprint density at radius 1 is 1.19 bits per heavy atom. The zero-order valence-corrected chi connectivity index (χ0v) is 15.6. The number of ether oxygens (including phenoxy) is 2. The molecule has 1 N–H and O–H groups in total. The summed E-state index contributed by atoms with van der Waals surface area (Å²) >= 11 is 1.38. The molecule has 3 aromatic rings. The van der Waals surface area contributed by atoms with Crippen molar-refractivity contribution in [2.45, 2.75) is 13.3 Å². The van der Waals surface area contributed by atoms with Crippen LogP contribution in [0.3, 0.4) is 0 Å². The Labute approximate surface area is 161 Å². The number of hydrogen-bond acceptors (Lipinski definition) is 7. The molecule has 0 atom stereocenters. The first-order chi connectivity index (χ1) is 13.2. The van der Waals surface area contributed by atoms with E-state index in [9.17, 15) is 4.79 Å². The Balaban J connectivity index is 1.62. The van der Waals surface area contributed by atoms with Crippen molar-refractivity contribution in [3.63, 3.8) is 0 Å². The quantitative estimate of drug-likeness (QED) is 0.354. The molecule has 1 heterocycles. The number of hydrazone groups is 1. The van der Waals surface area contributed by atoms with Crippen LogP contribution in [0.4, 0.5) is 5.13 Å². The Bertz CT molecular complexity index is 910. The number of carbonyl (C=O) groups is 1. The van der Waals surface area contributed by atoms with Crippen LogP contribution < -0.4 is 10.2 Å². The molecule has 7 heteroatoms. The van der Waals surface area contributed by atoms with E-state index < -0.39 is 0 Å². The fraction of sp³-hybridized carbons (Fsp3) is 0.150. The molecule has 27 heavy (non-hydrogen) atoms. The maximum absolute atomic E-state index is 11.5. The number of hydrogen-bond donors (Lipinski definition) is 1. The molecule has 0 aliphatic heterocycles. The van der Waals surface area contributed by atoms with Crippen molar-refractivity contribution < 1.29 is 14.3 Å². The highest BCUT2D eigenvalue weighted by Gasteiger charge is 2.08. The first-order valence-corrected chi connectivity index (χ1v) is 9.33. The van der Waals surface area contributed by atoms with Gasteiger partial charge in [0.1, 0.15) is 11.5 Å². The van der Waals surface area contributed by atoms with Gasteiger partial charge in [-0.05, 0) is 31.2 Å². The van der Waals surface area contributed by atoms with E-state index in [0.717, 1.165) is 11.3 Å². The summed E-state index contributed by atoms with van der Waals surface area (Å²) in [4.78, 5) is 15.8. The predicted octanol–water partition coefficient (Wildman–Crippen LogP) is 4.49. The first kappa shape index (κ1) is 18.6. The van der Waals surface area contributed by atoms with Crippen LogP contribution in [-0.2, 0) is 16.0 Å². The summed E-state index contributed by atoms with van der Waals surface area (Å²) in [6.45, 7) is 2.14. The minimum absolute atomic E-state index is 0.156. The third kappa shape index (κ3) is 5.65. The van der Waals surface area contributed by atoms with Crippen LogP contribution in [-0.4, -0.2) is 23.8 Å². The Morgan fingerprint density at radius 3 is 2.78 bits per heavy atom. The second-order valence-electron chi connectivity index (χ2n) is 5.45. The van der Waals surface area contributed by atoms with E-state index in [1.54, 1.807) is 18.5 Å². The van der Waals surface area contributed by atoms with Crippen LogP contribution in [0.15, 0.2) is 65.1 Å². The van der Waals surface area contributed by atoms with Gasteiger partial charge in [0.2, 0.25) is 5.13 Å². The van der Waals surface area contributed by atoms with Gasteiger partial charge in [0.25, 0.3) is 0 Å². The number of para-hydroxylation sites is 2. The number of anilines is 1. The minimum atomic E-state index is -0.287. The van der Waals surface area contributed by atoms with Gasteiger partial charge in [-0.3, -0.25) is 10.2 Å². The Morgan fingerprint density at radius 2 is 1.96 bits per heavy atom. The molecule has 0 saturated carbocycles. The van der Waals surface area contributed by atoms with Crippen LogP contribution in [0.25, 0.3) is 0 Å². The van der Waals surface area contributed by atoms with E-state index in [1.165, 1.54) is 11.3 Å². The number of nitrogens with zero attached hydrogens (tertiary/aromatic N) is 2. The molecular formula is C20H19N3O3S. The number of carbonyl (C=O) groups excluding carboxylic acids is 1. The second kappa shape index (κ2) is 9.49. The van der Waals surface area contributed by atoms with Gasteiger partial charge in [-0.15, -0.1) is 11.3 Å². The summed E-state index contributed by atoms with van der Waals surface area (Å²) in [5, 5.41) is 6.63. The highest BCUT2D eigenvalue weighted by Crippen LogP contribution is 2.24. The lowest BCUT2D eigenvalue weighted by molar-refractivity contribution is -0.142. The van der Waals surface area contributed by atoms with Crippen molar-refractivity contribution in [3.05, 3.63) is 71.2 Å². The minimum Gasteiger partial charge on any atom is -0.466 e. The number of aromatic nitrogens is 1. The Hall–Kier alpha value is -3.19. The van der Waals surface area contributed by atoms with Crippen LogP contribution in [0.2, 0.25) is 0 Å². The largest absolute Gasteiger partial charge is 0.466 e. The number of nitrogens with one attached hydrogen (secondary N) is 1. The van der Waals surface area contributed by atoms with Gasteiger partial charge in [0.05, 0.1) is 24.9 Å². The van der Waals surface area contributed by atoms with Gasteiger partial charge in [-0.1, -0.05) is 30.3 Å². The van der Waals surface area contributed by atoms with Crippen LogP contribution >= 0.6 is 11.3 Å². The SMILES string of the molecule is CCOC(=O)Cc1csc(NN=Cc2ccccc2Oc2ccccc2)n1. The first-order valence-electron chi connectivity index (χ1n) is 8.45. The molecule has 138 valence electrons. The van der Waals surface area contributed by atoms with Crippen LogP contribution in [0.5, 0.6) is 11.5 Å². The molecular weight excluding hydrogens is 362 g/mol. The van der Waals surface area contributed by atoms with E-state index in [1.807, 2.05) is 54.6 Å². The molecule has 0 unspecified atom stereocenters. The summed E-state index contributed by atoms with van der Waals surface area (Å²) in [6.07, 6.45) is 1.83. The second-order valence-corrected chi connectivity index (χ2v) is 6.31. The Kier molecular flexibility index (Phi) is 6.54. The number of benzene rings is 2. The molecule has 0 aliphatic rings. The van der Waals surface area contributed by atoms with Gasteiger partial charge in [0.15, 0.2) is 0 Å². The maximum atomic E-state index is 11.5. The van der Waals surface area contributed by atoms with Gasteiger partial charge in [-0.25, -0.2) is 4.98 Å². The summed E-state index contributed by atoms with van der Waals surface area (Å²) in [7, 11) is 0.